The summed E-state index contributed by atoms with van der Waals surface area (Å²) in [6.07, 6.45) is 0. The molecule has 3 aromatic rings. The van der Waals surface area contributed by atoms with Gasteiger partial charge in [0.2, 0.25) is 0 Å². The van der Waals surface area contributed by atoms with Crippen LogP contribution in [0.25, 0.3) is 11.3 Å². The van der Waals surface area contributed by atoms with Gasteiger partial charge in [-0.25, -0.2) is 4.98 Å². The van der Waals surface area contributed by atoms with E-state index in [0.29, 0.717) is 33.1 Å². The van der Waals surface area contributed by atoms with E-state index < -0.39 is 0 Å². The van der Waals surface area contributed by atoms with E-state index in [1.165, 1.54) is 11.3 Å². The molecule has 0 aliphatic rings. The first-order valence-electron chi connectivity index (χ1n) is 7.52. The van der Waals surface area contributed by atoms with Crippen molar-refractivity contribution in [1.29, 1.82) is 0 Å². The Kier molecular flexibility index (Phi) is 5.58. The number of nitrogens with zero attached hydrogens (tertiary/aromatic N) is 1. The first kappa shape index (κ1) is 17.7. The van der Waals surface area contributed by atoms with Crippen LogP contribution in [0.2, 0.25) is 10.0 Å². The highest BCUT2D eigenvalue weighted by Crippen LogP contribution is 2.31. The molecular weight excluding hydrogens is 379 g/mol. The van der Waals surface area contributed by atoms with Crippen molar-refractivity contribution in [3.8, 4) is 17.0 Å². The number of halogens is 2. The molecule has 0 fully saturated rings. The van der Waals surface area contributed by atoms with Crippen molar-refractivity contribution in [2.45, 2.75) is 6.92 Å². The lowest BCUT2D eigenvalue weighted by molar-refractivity contribution is 0.102. The van der Waals surface area contributed by atoms with Gasteiger partial charge in [-0.3, -0.25) is 10.1 Å². The van der Waals surface area contributed by atoms with Crippen LogP contribution in [0.4, 0.5) is 5.13 Å². The topological polar surface area (TPSA) is 51.2 Å². The predicted molar refractivity (Wildman–Crippen MR) is 103 cm³/mol. The average Bonchev–Trinajstić information content (AvgIpc) is 3.06. The van der Waals surface area contributed by atoms with Crippen LogP contribution in [0.15, 0.2) is 47.8 Å². The third-order valence-corrected chi connectivity index (χ3v) is 4.87. The molecule has 1 N–H and O–H groups in total. The minimum Gasteiger partial charge on any atom is -0.493 e. The summed E-state index contributed by atoms with van der Waals surface area (Å²) in [5.74, 6) is 0.280. The van der Waals surface area contributed by atoms with Gasteiger partial charge in [-0.2, -0.15) is 0 Å². The van der Waals surface area contributed by atoms with Gasteiger partial charge >= 0.3 is 0 Å². The molecule has 0 atom stereocenters. The Morgan fingerprint density at radius 1 is 1.20 bits per heavy atom. The van der Waals surface area contributed by atoms with Gasteiger partial charge in [-0.05, 0) is 31.2 Å². The molecule has 0 aliphatic carbocycles. The number of anilines is 1. The lowest BCUT2D eigenvalue weighted by atomic mass is 10.2. The van der Waals surface area contributed by atoms with E-state index in [1.807, 2.05) is 24.4 Å². The van der Waals surface area contributed by atoms with Gasteiger partial charge in [0.1, 0.15) is 5.75 Å². The first-order chi connectivity index (χ1) is 12.1. The number of aromatic nitrogens is 1. The van der Waals surface area contributed by atoms with Crippen molar-refractivity contribution in [1.82, 2.24) is 4.98 Å². The Hall–Kier alpha value is -2.08. The van der Waals surface area contributed by atoms with Crippen molar-refractivity contribution in [3.63, 3.8) is 0 Å². The van der Waals surface area contributed by atoms with Gasteiger partial charge < -0.3 is 4.74 Å². The summed E-state index contributed by atoms with van der Waals surface area (Å²) in [6, 6.07) is 12.4. The third-order valence-electron chi connectivity index (χ3n) is 3.37. The van der Waals surface area contributed by atoms with Crippen LogP contribution in [-0.4, -0.2) is 17.5 Å². The number of carbonyl (C=O) groups is 1. The average molecular weight is 393 g/mol. The fraction of sp³-hybridized carbons (Fsp3) is 0.111. The molecular formula is C18H14Cl2N2O2S. The molecule has 3 rings (SSSR count). The Morgan fingerprint density at radius 3 is 2.76 bits per heavy atom. The smallest absolute Gasteiger partial charge is 0.261 e. The molecule has 25 heavy (non-hydrogen) atoms. The van der Waals surface area contributed by atoms with Crippen LogP contribution in [0.3, 0.4) is 0 Å². The van der Waals surface area contributed by atoms with Crippen LogP contribution < -0.4 is 10.1 Å². The monoisotopic (exact) mass is 392 g/mol. The lowest BCUT2D eigenvalue weighted by Gasteiger charge is -2.08. The Balaban J connectivity index is 1.79. The molecule has 0 spiro atoms. The largest absolute Gasteiger partial charge is 0.493 e. The van der Waals surface area contributed by atoms with E-state index in [-0.39, 0.29) is 5.91 Å². The number of benzene rings is 2. The zero-order chi connectivity index (χ0) is 17.8. The van der Waals surface area contributed by atoms with E-state index >= 15 is 0 Å². The molecule has 1 amide bonds. The van der Waals surface area contributed by atoms with Gasteiger partial charge in [0.15, 0.2) is 5.13 Å². The molecule has 128 valence electrons. The zero-order valence-corrected chi connectivity index (χ0v) is 15.6. The van der Waals surface area contributed by atoms with E-state index in [9.17, 15) is 4.79 Å². The van der Waals surface area contributed by atoms with Crippen LogP contribution in [0, 0.1) is 0 Å². The first-order valence-corrected chi connectivity index (χ1v) is 9.16. The van der Waals surface area contributed by atoms with Gasteiger partial charge in [0, 0.05) is 10.9 Å². The number of hydrogen-bond acceptors (Lipinski definition) is 4. The number of rotatable bonds is 5. The second-order valence-corrected chi connectivity index (χ2v) is 6.72. The highest BCUT2D eigenvalue weighted by molar-refractivity contribution is 7.14. The summed E-state index contributed by atoms with van der Waals surface area (Å²) in [5, 5.41) is 6.10. The minimum absolute atomic E-state index is 0.265. The number of ether oxygens (including phenoxy) is 1. The number of nitrogens with one attached hydrogen (secondary N) is 1. The fourth-order valence-electron chi connectivity index (χ4n) is 2.22. The maximum atomic E-state index is 12.5. The van der Waals surface area contributed by atoms with Gasteiger partial charge in [0.05, 0.1) is 27.9 Å². The Morgan fingerprint density at radius 2 is 2.00 bits per heavy atom. The number of hydrogen-bond donors (Lipinski definition) is 1. The summed E-state index contributed by atoms with van der Waals surface area (Å²) >= 11 is 13.3. The molecule has 0 saturated carbocycles. The molecule has 1 heterocycles. The van der Waals surface area contributed by atoms with E-state index in [1.54, 1.807) is 30.3 Å². The maximum absolute atomic E-state index is 12.5. The molecule has 4 nitrogen and oxygen atoms in total. The normalized spacial score (nSPS) is 10.5. The Labute approximate surface area is 159 Å². The van der Waals surface area contributed by atoms with E-state index in [4.69, 9.17) is 27.9 Å². The highest BCUT2D eigenvalue weighted by Gasteiger charge is 2.14. The minimum atomic E-state index is -0.265. The maximum Gasteiger partial charge on any atom is 0.261 e. The van der Waals surface area contributed by atoms with Crippen LogP contribution in [0.5, 0.6) is 5.75 Å². The summed E-state index contributed by atoms with van der Waals surface area (Å²) < 4.78 is 5.49. The number of para-hydroxylation sites is 1. The number of carbonyl (C=O) groups excluding carboxylic acids is 1. The summed E-state index contributed by atoms with van der Waals surface area (Å²) in [5.41, 5.74) is 2.02. The SMILES string of the molecule is CCOc1ccccc1C(=O)Nc1nc(-c2ccc(Cl)c(Cl)c2)cs1. The predicted octanol–water partition coefficient (Wildman–Crippen LogP) is 5.77. The summed E-state index contributed by atoms with van der Waals surface area (Å²) in [6.45, 7) is 2.36. The lowest BCUT2D eigenvalue weighted by Crippen LogP contribution is -2.13. The second-order valence-electron chi connectivity index (χ2n) is 5.05. The second kappa shape index (κ2) is 7.87. The Bertz CT molecular complexity index is 912. The van der Waals surface area contributed by atoms with Crippen molar-refractivity contribution in [2.75, 3.05) is 11.9 Å². The number of thiazole rings is 1. The van der Waals surface area contributed by atoms with Crippen molar-refractivity contribution in [3.05, 3.63) is 63.5 Å². The summed E-state index contributed by atoms with van der Waals surface area (Å²) in [4.78, 5) is 16.9. The van der Waals surface area contributed by atoms with Crippen LogP contribution in [-0.2, 0) is 0 Å². The van der Waals surface area contributed by atoms with Gasteiger partial charge in [-0.15, -0.1) is 11.3 Å². The van der Waals surface area contributed by atoms with E-state index in [0.717, 1.165) is 11.3 Å². The summed E-state index contributed by atoms with van der Waals surface area (Å²) in [7, 11) is 0. The molecule has 2 aromatic carbocycles. The van der Waals surface area contributed by atoms with Crippen LogP contribution >= 0.6 is 34.5 Å². The molecule has 0 unspecified atom stereocenters. The van der Waals surface area contributed by atoms with E-state index in [2.05, 4.69) is 10.3 Å². The molecule has 0 saturated heterocycles. The van der Waals surface area contributed by atoms with Gasteiger partial charge in [0.25, 0.3) is 5.91 Å². The quantitative estimate of drug-likeness (QED) is 0.599. The van der Waals surface area contributed by atoms with Crippen molar-refractivity contribution in [2.24, 2.45) is 0 Å². The molecule has 0 radical (unpaired) electrons. The van der Waals surface area contributed by atoms with Crippen molar-refractivity contribution >= 4 is 45.6 Å². The van der Waals surface area contributed by atoms with Crippen molar-refractivity contribution < 1.29 is 9.53 Å². The standard InChI is InChI=1S/C18H14Cl2N2O2S/c1-2-24-16-6-4-3-5-12(16)17(23)22-18-21-15(10-25-18)11-7-8-13(19)14(20)9-11/h3-10H,2H2,1H3,(H,21,22,23). The molecule has 0 aliphatic heterocycles. The fourth-order valence-corrected chi connectivity index (χ4v) is 3.23. The molecule has 1 aromatic heterocycles. The number of amides is 1. The van der Waals surface area contributed by atoms with Crippen LogP contribution in [0.1, 0.15) is 17.3 Å². The third kappa shape index (κ3) is 4.12. The molecule has 0 bridgehead atoms. The highest BCUT2D eigenvalue weighted by atomic mass is 35.5. The van der Waals surface area contributed by atoms with Gasteiger partial charge in [-0.1, -0.05) is 41.4 Å². The molecule has 7 heteroatoms. The zero-order valence-electron chi connectivity index (χ0n) is 13.3.